The molecule has 0 fully saturated rings. The lowest BCUT2D eigenvalue weighted by atomic mass is 10.1. The molecule has 4 heterocycles. The highest BCUT2D eigenvalue weighted by molar-refractivity contribution is 7.59. The SMILES string of the molecule is CNc1ccc(-c2cc(-c3cnn4c3C(=O)N(c3ccc(C(F)(F)F)cc3)C[C@@H]4C)no2)cn1.S. The van der Waals surface area contributed by atoms with Gasteiger partial charge in [0, 0.05) is 37.1 Å². The van der Waals surface area contributed by atoms with Crippen molar-refractivity contribution in [2.45, 2.75) is 19.1 Å². The van der Waals surface area contributed by atoms with E-state index >= 15 is 0 Å². The highest BCUT2D eigenvalue weighted by atomic mass is 32.1. The number of nitrogens with one attached hydrogen (secondary N) is 1. The number of halogens is 3. The van der Waals surface area contributed by atoms with Gasteiger partial charge in [0.1, 0.15) is 17.2 Å². The summed E-state index contributed by atoms with van der Waals surface area (Å²) in [4.78, 5) is 19.1. The predicted octanol–water partition coefficient (Wildman–Crippen LogP) is 4.99. The first-order valence-corrected chi connectivity index (χ1v) is 10.4. The van der Waals surface area contributed by atoms with Crippen molar-refractivity contribution in [1.29, 1.82) is 0 Å². The zero-order valence-electron chi connectivity index (χ0n) is 18.7. The molecule has 0 radical (unpaired) electrons. The molecular formula is C23H21F3N6O2S. The molecular weight excluding hydrogens is 481 g/mol. The molecule has 1 aliphatic heterocycles. The number of carbonyl (C=O) groups is 1. The third kappa shape index (κ3) is 4.36. The molecule has 5 rings (SSSR count). The Kier molecular flexibility index (Phi) is 6.32. The minimum Gasteiger partial charge on any atom is -0.373 e. The smallest absolute Gasteiger partial charge is 0.373 e. The number of amides is 1. The van der Waals surface area contributed by atoms with Crippen molar-refractivity contribution in [3.05, 3.63) is 66.1 Å². The Morgan fingerprint density at radius 2 is 1.86 bits per heavy atom. The van der Waals surface area contributed by atoms with Gasteiger partial charge in [-0.1, -0.05) is 5.16 Å². The highest BCUT2D eigenvalue weighted by Crippen LogP contribution is 2.35. The van der Waals surface area contributed by atoms with E-state index in [1.807, 2.05) is 13.0 Å². The average Bonchev–Trinajstić information content (AvgIpc) is 3.49. The van der Waals surface area contributed by atoms with Crippen LogP contribution in [0.15, 0.2) is 59.4 Å². The number of hydrogen-bond donors (Lipinski definition) is 1. The second kappa shape index (κ2) is 9.10. The summed E-state index contributed by atoms with van der Waals surface area (Å²) >= 11 is 0. The van der Waals surface area contributed by atoms with Crippen LogP contribution in [0.25, 0.3) is 22.6 Å². The van der Waals surface area contributed by atoms with Crippen LogP contribution in [-0.4, -0.2) is 39.4 Å². The van der Waals surface area contributed by atoms with Gasteiger partial charge in [-0.05, 0) is 43.3 Å². The molecule has 0 spiro atoms. The molecule has 182 valence electrons. The molecule has 12 heteroatoms. The van der Waals surface area contributed by atoms with Crippen molar-refractivity contribution in [1.82, 2.24) is 19.9 Å². The number of alkyl halides is 3. The number of carbonyl (C=O) groups excluding carboxylic acids is 1. The van der Waals surface area contributed by atoms with Crippen LogP contribution in [0.4, 0.5) is 24.7 Å². The van der Waals surface area contributed by atoms with Crippen LogP contribution in [-0.2, 0) is 6.18 Å². The summed E-state index contributed by atoms with van der Waals surface area (Å²) < 4.78 is 45.9. The van der Waals surface area contributed by atoms with E-state index < -0.39 is 11.7 Å². The van der Waals surface area contributed by atoms with Crippen molar-refractivity contribution in [2.24, 2.45) is 0 Å². The second-order valence-corrected chi connectivity index (χ2v) is 7.92. The summed E-state index contributed by atoms with van der Waals surface area (Å²) in [6.07, 6.45) is -1.26. The predicted molar refractivity (Wildman–Crippen MR) is 129 cm³/mol. The summed E-state index contributed by atoms with van der Waals surface area (Å²) in [5.74, 6) is 0.799. The first-order chi connectivity index (χ1) is 16.3. The highest BCUT2D eigenvalue weighted by Gasteiger charge is 2.35. The summed E-state index contributed by atoms with van der Waals surface area (Å²) in [5, 5.41) is 11.4. The lowest BCUT2D eigenvalue weighted by Crippen LogP contribution is -2.42. The van der Waals surface area contributed by atoms with Crippen molar-refractivity contribution in [3.63, 3.8) is 0 Å². The van der Waals surface area contributed by atoms with E-state index in [-0.39, 0.29) is 32.0 Å². The minimum atomic E-state index is -4.45. The molecule has 0 saturated heterocycles. The molecule has 0 unspecified atom stereocenters. The van der Waals surface area contributed by atoms with E-state index in [2.05, 4.69) is 20.6 Å². The van der Waals surface area contributed by atoms with Gasteiger partial charge in [0.15, 0.2) is 5.76 Å². The van der Waals surface area contributed by atoms with Crippen LogP contribution in [0.5, 0.6) is 0 Å². The van der Waals surface area contributed by atoms with Crippen LogP contribution in [0.3, 0.4) is 0 Å². The molecule has 1 atom stereocenters. The Balaban J connectivity index is 0.00000289. The zero-order chi connectivity index (χ0) is 24.0. The van der Waals surface area contributed by atoms with E-state index in [1.54, 1.807) is 36.3 Å². The lowest BCUT2D eigenvalue weighted by Gasteiger charge is -2.32. The monoisotopic (exact) mass is 502 g/mol. The standard InChI is InChI=1S/C23H19F3N6O2.H2S/c1-13-12-31(16-6-4-15(5-7-16)23(24,25)26)22(33)21-17(11-29-32(13)21)18-9-19(34-30-18)14-3-8-20(27-2)28-10-14;/h3-11,13H,12H2,1-2H3,(H,27,28);1H2/t13-;/m0./s1. The van der Waals surface area contributed by atoms with E-state index in [1.165, 1.54) is 17.0 Å². The Hall–Kier alpha value is -3.80. The van der Waals surface area contributed by atoms with E-state index in [9.17, 15) is 18.0 Å². The van der Waals surface area contributed by atoms with E-state index in [0.717, 1.165) is 12.1 Å². The number of pyridine rings is 1. The fraction of sp³-hybridized carbons (Fsp3) is 0.217. The molecule has 1 aliphatic rings. The maximum absolute atomic E-state index is 13.4. The fourth-order valence-corrected chi connectivity index (χ4v) is 3.93. The molecule has 3 aromatic heterocycles. The number of rotatable bonds is 4. The first-order valence-electron chi connectivity index (χ1n) is 10.4. The van der Waals surface area contributed by atoms with Crippen LogP contribution >= 0.6 is 13.5 Å². The molecule has 35 heavy (non-hydrogen) atoms. The van der Waals surface area contributed by atoms with Gasteiger partial charge >= 0.3 is 6.18 Å². The van der Waals surface area contributed by atoms with Crippen molar-refractivity contribution in [3.8, 4) is 22.6 Å². The van der Waals surface area contributed by atoms with Gasteiger partial charge < -0.3 is 14.7 Å². The van der Waals surface area contributed by atoms with Gasteiger partial charge in [-0.2, -0.15) is 31.8 Å². The van der Waals surface area contributed by atoms with Gasteiger partial charge in [0.2, 0.25) is 0 Å². The van der Waals surface area contributed by atoms with Crippen molar-refractivity contribution < 1.29 is 22.5 Å². The second-order valence-electron chi connectivity index (χ2n) is 7.92. The van der Waals surface area contributed by atoms with Crippen molar-refractivity contribution in [2.75, 3.05) is 23.8 Å². The van der Waals surface area contributed by atoms with Crippen LogP contribution < -0.4 is 10.2 Å². The fourth-order valence-electron chi connectivity index (χ4n) is 3.93. The minimum absolute atomic E-state index is 0. The van der Waals surface area contributed by atoms with E-state index in [0.29, 0.717) is 39.8 Å². The van der Waals surface area contributed by atoms with Crippen LogP contribution in [0, 0.1) is 0 Å². The zero-order valence-corrected chi connectivity index (χ0v) is 19.7. The quantitative estimate of drug-likeness (QED) is 0.423. The molecule has 4 aromatic rings. The summed E-state index contributed by atoms with van der Waals surface area (Å²) in [6.45, 7) is 2.15. The topological polar surface area (TPSA) is 89.1 Å². The first kappa shape index (κ1) is 24.3. The number of benzene rings is 1. The number of fused-ring (bicyclic) bond motifs is 1. The van der Waals surface area contributed by atoms with Crippen molar-refractivity contribution >= 4 is 30.9 Å². The third-order valence-corrected chi connectivity index (χ3v) is 5.70. The summed E-state index contributed by atoms with van der Waals surface area (Å²) in [6, 6.07) is 9.67. The molecule has 1 aromatic carbocycles. The maximum Gasteiger partial charge on any atom is 0.416 e. The van der Waals surface area contributed by atoms with E-state index in [4.69, 9.17) is 4.52 Å². The number of nitrogens with zero attached hydrogens (tertiary/aromatic N) is 5. The Morgan fingerprint density at radius 1 is 1.11 bits per heavy atom. The van der Waals surface area contributed by atoms with Crippen LogP contribution in [0.2, 0.25) is 0 Å². The Morgan fingerprint density at radius 3 is 2.49 bits per heavy atom. The number of hydrogen-bond acceptors (Lipinski definition) is 6. The third-order valence-electron chi connectivity index (χ3n) is 5.70. The summed E-state index contributed by atoms with van der Waals surface area (Å²) in [7, 11) is 1.77. The molecule has 0 bridgehead atoms. The number of anilines is 2. The molecule has 0 aliphatic carbocycles. The molecule has 1 amide bonds. The van der Waals surface area contributed by atoms with Gasteiger partial charge in [-0.3, -0.25) is 9.48 Å². The average molecular weight is 503 g/mol. The van der Waals surface area contributed by atoms with Gasteiger partial charge in [0.25, 0.3) is 5.91 Å². The van der Waals surface area contributed by atoms with Gasteiger partial charge in [-0.25, -0.2) is 4.98 Å². The maximum atomic E-state index is 13.4. The Bertz CT molecular complexity index is 1350. The number of aromatic nitrogens is 4. The molecule has 8 nitrogen and oxygen atoms in total. The largest absolute Gasteiger partial charge is 0.416 e. The van der Waals surface area contributed by atoms with Crippen LogP contribution in [0.1, 0.15) is 29.0 Å². The molecule has 0 saturated carbocycles. The Labute approximate surface area is 205 Å². The molecule has 1 N–H and O–H groups in total. The lowest BCUT2D eigenvalue weighted by molar-refractivity contribution is -0.137. The van der Waals surface area contributed by atoms with Gasteiger partial charge in [-0.15, -0.1) is 0 Å². The summed E-state index contributed by atoms with van der Waals surface area (Å²) in [5.41, 5.74) is 1.51. The van der Waals surface area contributed by atoms with Gasteiger partial charge in [0.05, 0.1) is 23.4 Å². The normalized spacial score (nSPS) is 15.5.